The second kappa shape index (κ2) is 19.6. The number of amides is 2. The molecular formula is C25H41N3O6S3. The molecule has 9 nitrogen and oxygen atoms in total. The topological polar surface area (TPSA) is 151 Å². The number of hydrogen-bond acceptors (Lipinski definition) is 10. The van der Waals surface area contributed by atoms with Gasteiger partial charge in [-0.3, -0.25) is 9.59 Å². The summed E-state index contributed by atoms with van der Waals surface area (Å²) >= 11 is 4.22. The molecular weight excluding hydrogens is 534 g/mol. The zero-order valence-corrected chi connectivity index (χ0v) is 23.9. The number of nitrogens with two attached hydrogens (primary N) is 1. The molecule has 0 saturated carbocycles. The van der Waals surface area contributed by atoms with Crippen LogP contribution in [0.4, 0.5) is 0 Å². The van der Waals surface area contributed by atoms with Crippen molar-refractivity contribution in [2.45, 2.75) is 51.1 Å². The normalized spacial score (nSPS) is 13.0. The number of benzene rings is 1. The third-order valence-electron chi connectivity index (χ3n) is 5.50. The van der Waals surface area contributed by atoms with Crippen molar-refractivity contribution in [2.24, 2.45) is 11.1 Å². The molecule has 2 amide bonds. The first-order chi connectivity index (χ1) is 17.8. The average Bonchev–Trinajstić information content (AvgIpc) is 2.92. The Bertz CT molecular complexity index is 799. The van der Waals surface area contributed by atoms with Crippen LogP contribution in [0.25, 0.3) is 0 Å². The van der Waals surface area contributed by atoms with Crippen molar-refractivity contribution in [1.29, 1.82) is 0 Å². The van der Waals surface area contributed by atoms with E-state index in [1.165, 1.54) is 10.8 Å². The number of hydrogen-bond donors (Lipinski definition) is 6. The minimum Gasteiger partial charge on any atom is -0.463 e. The van der Waals surface area contributed by atoms with Crippen molar-refractivity contribution in [3.63, 3.8) is 0 Å². The zero-order valence-electron chi connectivity index (χ0n) is 21.4. The van der Waals surface area contributed by atoms with Crippen molar-refractivity contribution < 1.29 is 29.3 Å². The van der Waals surface area contributed by atoms with Crippen LogP contribution >= 0.6 is 34.2 Å². The smallest absolute Gasteiger partial charge is 0.329 e. The predicted octanol–water partition coefficient (Wildman–Crippen LogP) is 1.56. The number of aliphatic hydroxyl groups is 2. The fourth-order valence-electron chi connectivity index (χ4n) is 3.04. The summed E-state index contributed by atoms with van der Waals surface area (Å²) in [6.07, 6.45) is 4.60. The monoisotopic (exact) mass is 575 g/mol. The van der Waals surface area contributed by atoms with Crippen molar-refractivity contribution in [3.8, 4) is 0 Å². The third kappa shape index (κ3) is 14.3. The molecule has 1 aromatic rings. The fraction of sp³-hybridized carbons (Fsp3) is 0.640. The van der Waals surface area contributed by atoms with E-state index in [2.05, 4.69) is 23.3 Å². The molecule has 37 heavy (non-hydrogen) atoms. The number of aliphatic hydroxyl groups excluding tert-OH is 2. The van der Waals surface area contributed by atoms with Crippen LogP contribution in [0.3, 0.4) is 0 Å². The largest absolute Gasteiger partial charge is 0.463 e. The molecule has 0 aromatic heterocycles. The fourth-order valence-corrected chi connectivity index (χ4v) is 5.56. The predicted molar refractivity (Wildman–Crippen MR) is 154 cm³/mol. The average molecular weight is 576 g/mol. The number of nitrogens with one attached hydrogen (secondary N) is 2. The second-order valence-corrected chi connectivity index (χ2v) is 12.1. The molecule has 12 heteroatoms. The number of rotatable bonds is 20. The quantitative estimate of drug-likeness (QED) is 0.0589. The SMILES string of the molecule is CC(CO)(CO)COC(=O)C(CSSCCCCCCS)NC(=O)[C@H](Cc1ccccc1)NC(=O)CN. The van der Waals surface area contributed by atoms with E-state index in [-0.39, 0.29) is 38.5 Å². The molecule has 1 rings (SSSR count). The lowest BCUT2D eigenvalue weighted by molar-refractivity contribution is -0.152. The Balaban J connectivity index is 2.85. The van der Waals surface area contributed by atoms with E-state index in [0.29, 0.717) is 0 Å². The standard InChI is InChI=1S/C25H41N3O6S3/c1-25(16-29,17-30)18-34-24(33)21(15-37-36-12-8-3-2-7-11-35)28-23(32)20(27-22(31)14-26)13-19-9-5-4-6-10-19/h4-6,9-10,20-21,29-30,35H,2-3,7-8,11-18,26H2,1H3,(H,27,31)(H,28,32)/t20-,21?/m0/s1. The van der Waals surface area contributed by atoms with Crippen LogP contribution in [-0.2, 0) is 25.5 Å². The molecule has 0 radical (unpaired) electrons. The molecule has 0 bridgehead atoms. The van der Waals surface area contributed by atoms with Crippen LogP contribution in [0.5, 0.6) is 0 Å². The highest BCUT2D eigenvalue weighted by atomic mass is 33.1. The molecule has 0 saturated heterocycles. The maximum Gasteiger partial charge on any atom is 0.329 e. The van der Waals surface area contributed by atoms with Gasteiger partial charge in [-0.15, -0.1) is 0 Å². The number of ether oxygens (including phenoxy) is 1. The van der Waals surface area contributed by atoms with Gasteiger partial charge >= 0.3 is 5.97 Å². The molecule has 0 spiro atoms. The molecule has 1 aromatic carbocycles. The summed E-state index contributed by atoms with van der Waals surface area (Å²) in [4.78, 5) is 38.1. The van der Waals surface area contributed by atoms with Crippen LogP contribution in [0.1, 0.15) is 38.2 Å². The minimum atomic E-state index is -0.996. The highest BCUT2D eigenvalue weighted by Crippen LogP contribution is 2.24. The molecule has 0 heterocycles. The van der Waals surface area contributed by atoms with Crippen molar-refractivity contribution in [2.75, 3.05) is 43.6 Å². The summed E-state index contributed by atoms with van der Waals surface area (Å²) in [6.45, 7) is 0.382. The minimum absolute atomic E-state index is 0.203. The molecule has 2 atom stereocenters. The van der Waals surface area contributed by atoms with Crippen LogP contribution in [0.2, 0.25) is 0 Å². The summed E-state index contributed by atoms with van der Waals surface area (Å²) in [6, 6.07) is 7.29. The van der Waals surface area contributed by atoms with Gasteiger partial charge in [-0.05, 0) is 24.2 Å². The van der Waals surface area contributed by atoms with Gasteiger partial charge in [0.15, 0.2) is 0 Å². The van der Waals surface area contributed by atoms with E-state index < -0.39 is 35.3 Å². The van der Waals surface area contributed by atoms with Gasteiger partial charge in [0.2, 0.25) is 11.8 Å². The first kappa shape index (κ1) is 33.6. The van der Waals surface area contributed by atoms with E-state index in [1.54, 1.807) is 17.7 Å². The maximum absolute atomic E-state index is 13.2. The van der Waals surface area contributed by atoms with E-state index in [9.17, 15) is 24.6 Å². The first-order valence-electron chi connectivity index (χ1n) is 12.4. The van der Waals surface area contributed by atoms with Crippen LogP contribution in [0, 0.1) is 5.41 Å². The van der Waals surface area contributed by atoms with Crippen LogP contribution < -0.4 is 16.4 Å². The Morgan fingerprint density at radius 2 is 1.70 bits per heavy atom. The highest BCUT2D eigenvalue weighted by molar-refractivity contribution is 8.76. The number of carbonyl (C=O) groups is 3. The van der Waals surface area contributed by atoms with E-state index in [1.807, 2.05) is 30.3 Å². The summed E-state index contributed by atoms with van der Waals surface area (Å²) in [5.74, 6) is 0.352. The van der Waals surface area contributed by atoms with Crippen LogP contribution in [-0.4, -0.2) is 83.7 Å². The number of carbonyl (C=O) groups excluding carboxylic acids is 3. The Kier molecular flexibility index (Phi) is 17.8. The second-order valence-electron chi connectivity index (χ2n) is 9.05. The summed E-state index contributed by atoms with van der Waals surface area (Å²) < 4.78 is 5.36. The van der Waals surface area contributed by atoms with Crippen molar-refractivity contribution in [3.05, 3.63) is 35.9 Å². The number of thiol groups is 1. The lowest BCUT2D eigenvalue weighted by Crippen LogP contribution is -2.54. The van der Waals surface area contributed by atoms with E-state index in [0.717, 1.165) is 42.8 Å². The van der Waals surface area contributed by atoms with Crippen LogP contribution in [0.15, 0.2) is 30.3 Å². The molecule has 6 N–H and O–H groups in total. The lowest BCUT2D eigenvalue weighted by atomic mass is 9.94. The van der Waals surface area contributed by atoms with Gasteiger partial charge in [-0.2, -0.15) is 12.6 Å². The van der Waals surface area contributed by atoms with E-state index >= 15 is 0 Å². The summed E-state index contributed by atoms with van der Waals surface area (Å²) in [7, 11) is 3.07. The van der Waals surface area contributed by atoms with Gasteiger partial charge in [-0.25, -0.2) is 4.79 Å². The van der Waals surface area contributed by atoms with Gasteiger partial charge in [0, 0.05) is 23.3 Å². The van der Waals surface area contributed by atoms with E-state index in [4.69, 9.17) is 10.5 Å². The number of esters is 1. The van der Waals surface area contributed by atoms with Gasteiger partial charge in [0.25, 0.3) is 0 Å². The van der Waals surface area contributed by atoms with Crippen molar-refractivity contribution in [1.82, 2.24) is 10.6 Å². The third-order valence-corrected chi connectivity index (χ3v) is 8.32. The lowest BCUT2D eigenvalue weighted by Gasteiger charge is -2.26. The number of unbranched alkanes of at least 4 members (excludes halogenated alkanes) is 3. The molecule has 210 valence electrons. The maximum atomic E-state index is 13.2. The summed E-state index contributed by atoms with van der Waals surface area (Å²) in [5, 5.41) is 24.3. The molecule has 1 unspecified atom stereocenters. The Morgan fingerprint density at radius 3 is 2.32 bits per heavy atom. The Hall–Kier alpha value is -1.44. The van der Waals surface area contributed by atoms with Gasteiger partial charge in [0.1, 0.15) is 18.7 Å². The highest BCUT2D eigenvalue weighted by Gasteiger charge is 2.30. The molecule has 0 aliphatic rings. The van der Waals surface area contributed by atoms with Gasteiger partial charge in [0.05, 0.1) is 19.8 Å². The molecule has 0 fully saturated rings. The Labute approximate surface area is 233 Å². The first-order valence-corrected chi connectivity index (χ1v) is 15.5. The van der Waals surface area contributed by atoms with Crippen molar-refractivity contribution >= 4 is 52.0 Å². The van der Waals surface area contributed by atoms with Gasteiger partial charge in [-0.1, -0.05) is 71.7 Å². The molecule has 0 aliphatic carbocycles. The Morgan fingerprint density at radius 1 is 1.03 bits per heavy atom. The summed E-state index contributed by atoms with van der Waals surface area (Å²) in [5.41, 5.74) is 5.27. The van der Waals surface area contributed by atoms with Gasteiger partial charge < -0.3 is 31.3 Å². The molecule has 0 aliphatic heterocycles. The zero-order chi connectivity index (χ0) is 27.5.